The summed E-state index contributed by atoms with van der Waals surface area (Å²) in [5.41, 5.74) is 6.53. The Morgan fingerprint density at radius 2 is 2.27 bits per heavy atom. The molecule has 22 heavy (non-hydrogen) atoms. The number of rotatable bonds is 4. The van der Waals surface area contributed by atoms with Crippen molar-refractivity contribution in [3.63, 3.8) is 0 Å². The Kier molecular flexibility index (Phi) is 4.10. The van der Waals surface area contributed by atoms with Crippen LogP contribution in [0.25, 0.3) is 11.2 Å². The lowest BCUT2D eigenvalue weighted by Gasteiger charge is -2.16. The second kappa shape index (κ2) is 5.76. The molecular formula is C10H13FN5O4PS. The summed E-state index contributed by atoms with van der Waals surface area (Å²) in [5.74, 6) is 0.222. The number of alkyl halides is 1. The van der Waals surface area contributed by atoms with E-state index in [4.69, 9.17) is 20.3 Å². The van der Waals surface area contributed by atoms with E-state index >= 15 is 0 Å². The van der Waals surface area contributed by atoms with Gasteiger partial charge < -0.3 is 24.8 Å². The largest absolute Gasteiger partial charge is 0.382 e. The Hall–Kier alpha value is -1.23. The lowest BCUT2D eigenvalue weighted by Crippen LogP contribution is -2.23. The minimum atomic E-state index is -3.84. The lowest BCUT2D eigenvalue weighted by atomic mass is 10.2. The lowest BCUT2D eigenvalue weighted by molar-refractivity contribution is -0.0291. The van der Waals surface area contributed by atoms with Crippen LogP contribution in [0.5, 0.6) is 0 Å². The van der Waals surface area contributed by atoms with Gasteiger partial charge in [0.2, 0.25) is 0 Å². The van der Waals surface area contributed by atoms with Gasteiger partial charge in [-0.2, -0.15) is 0 Å². The molecule has 4 N–H and O–H groups in total. The molecule has 120 valence electrons. The first kappa shape index (κ1) is 15.7. The van der Waals surface area contributed by atoms with Crippen molar-refractivity contribution >= 4 is 35.5 Å². The topological polar surface area (TPSA) is 129 Å². The predicted molar refractivity (Wildman–Crippen MR) is 77.8 cm³/mol. The fourth-order valence-corrected chi connectivity index (χ4v) is 2.78. The number of halogens is 1. The molecule has 0 amide bonds. The molecule has 3 unspecified atom stereocenters. The molecule has 3 heterocycles. The third-order valence-corrected chi connectivity index (χ3v) is 4.07. The zero-order valence-electron chi connectivity index (χ0n) is 11.1. The monoisotopic (exact) mass is 349 g/mol. The minimum absolute atomic E-state index is 0.0448. The minimum Gasteiger partial charge on any atom is -0.382 e. The normalized spacial score (nSPS) is 25.9. The van der Waals surface area contributed by atoms with Gasteiger partial charge in [-0.3, -0.25) is 4.57 Å². The molecule has 9 nitrogen and oxygen atoms in total. The summed E-state index contributed by atoms with van der Waals surface area (Å²) in [7, 11) is 0. The molecule has 0 radical (unpaired) electrons. The fraction of sp³-hybridized carbons (Fsp3) is 0.500. The highest BCUT2D eigenvalue weighted by Gasteiger charge is 2.38. The second-order valence-electron chi connectivity index (χ2n) is 4.75. The fourth-order valence-electron chi connectivity index (χ4n) is 2.26. The van der Waals surface area contributed by atoms with E-state index < -0.39 is 25.2 Å². The van der Waals surface area contributed by atoms with Gasteiger partial charge in [0.1, 0.15) is 30.3 Å². The number of fused-ring (bicyclic) bond motifs is 1. The van der Waals surface area contributed by atoms with Crippen LogP contribution in [-0.4, -0.2) is 48.2 Å². The maximum atomic E-state index is 14.0. The van der Waals surface area contributed by atoms with E-state index in [1.54, 1.807) is 4.57 Å². The van der Waals surface area contributed by atoms with E-state index in [1.165, 1.54) is 12.7 Å². The quantitative estimate of drug-likeness (QED) is 0.666. The highest BCUT2D eigenvalue weighted by atomic mass is 32.5. The highest BCUT2D eigenvalue weighted by molar-refractivity contribution is 8.06. The molecule has 12 heteroatoms. The van der Waals surface area contributed by atoms with Gasteiger partial charge in [-0.25, -0.2) is 19.3 Å². The van der Waals surface area contributed by atoms with E-state index in [2.05, 4.69) is 31.3 Å². The molecule has 1 fully saturated rings. The Balaban J connectivity index is 1.78. The van der Waals surface area contributed by atoms with E-state index in [-0.39, 0.29) is 18.8 Å². The number of anilines is 1. The maximum Gasteiger partial charge on any atom is 0.321 e. The number of nitrogen functional groups attached to an aromatic ring is 1. The van der Waals surface area contributed by atoms with Gasteiger partial charge in [0.05, 0.1) is 12.9 Å². The zero-order valence-corrected chi connectivity index (χ0v) is 12.8. The van der Waals surface area contributed by atoms with Crippen LogP contribution in [0.4, 0.5) is 10.2 Å². The number of aromatic nitrogens is 4. The number of hydrogen-bond acceptors (Lipinski definition) is 7. The van der Waals surface area contributed by atoms with Crippen molar-refractivity contribution in [3.8, 4) is 0 Å². The number of ether oxygens (including phenoxy) is 1. The maximum absolute atomic E-state index is 14.0. The third-order valence-electron chi connectivity index (χ3n) is 3.27. The predicted octanol–water partition coefficient (Wildman–Crippen LogP) is 0.260. The first-order valence-corrected chi connectivity index (χ1v) is 8.90. The summed E-state index contributed by atoms with van der Waals surface area (Å²) >= 11 is 4.32. The van der Waals surface area contributed by atoms with Crippen molar-refractivity contribution in [2.75, 3.05) is 12.3 Å². The van der Waals surface area contributed by atoms with Crippen LogP contribution in [0.2, 0.25) is 0 Å². The molecule has 0 spiro atoms. The molecule has 0 saturated carbocycles. The summed E-state index contributed by atoms with van der Waals surface area (Å²) in [5, 5.41) is 0. The van der Waals surface area contributed by atoms with Crippen molar-refractivity contribution in [1.82, 2.24) is 19.5 Å². The molecule has 3 atom stereocenters. The van der Waals surface area contributed by atoms with Crippen molar-refractivity contribution in [1.29, 1.82) is 0 Å². The second-order valence-corrected chi connectivity index (χ2v) is 7.42. The third kappa shape index (κ3) is 3.09. The van der Waals surface area contributed by atoms with Gasteiger partial charge in [-0.15, -0.1) is 0 Å². The van der Waals surface area contributed by atoms with Crippen molar-refractivity contribution < 1.29 is 23.4 Å². The Morgan fingerprint density at radius 1 is 1.50 bits per heavy atom. The Labute approximate surface area is 129 Å². The summed E-state index contributed by atoms with van der Waals surface area (Å²) in [4.78, 5) is 30.0. The average molecular weight is 349 g/mol. The molecule has 1 saturated heterocycles. The summed E-state index contributed by atoms with van der Waals surface area (Å²) in [6.45, 7) is -4.18. The Morgan fingerprint density at radius 3 is 3.00 bits per heavy atom. The zero-order chi connectivity index (χ0) is 15.9. The van der Waals surface area contributed by atoms with Gasteiger partial charge in [-0.05, 0) is 11.8 Å². The van der Waals surface area contributed by atoms with E-state index in [1.807, 2.05) is 0 Å². The molecule has 0 aromatic carbocycles. The molecule has 2 aromatic rings. The van der Waals surface area contributed by atoms with Gasteiger partial charge in [0, 0.05) is 6.42 Å². The molecular weight excluding hydrogens is 336 g/mol. The molecule has 1 aliphatic heterocycles. The number of hydrogen-bond donors (Lipinski definition) is 3. The molecule has 0 bridgehead atoms. The standard InChI is InChI=1S/C10H13FN5O4PS/c11-5-1-7(20-6(5)2-19-21(17,18)22)16-4-15-8-9(12)13-3-14-10(8)16/h3-7H,1-2H2,(H2,12,13,14)(H2,17,18,22). The van der Waals surface area contributed by atoms with E-state index in [9.17, 15) is 4.39 Å². The van der Waals surface area contributed by atoms with Crippen LogP contribution in [0, 0.1) is 0 Å². The molecule has 3 rings (SSSR count). The van der Waals surface area contributed by atoms with Gasteiger partial charge in [0.25, 0.3) is 0 Å². The van der Waals surface area contributed by atoms with Crippen molar-refractivity contribution in [2.24, 2.45) is 0 Å². The van der Waals surface area contributed by atoms with Gasteiger partial charge in [0.15, 0.2) is 11.5 Å². The SMILES string of the molecule is Nc1ncnc2c1ncn2C1CC(F)C(COP(O)(O)=S)O1. The Bertz CT molecular complexity index is 739. The van der Waals surface area contributed by atoms with E-state index in [0.717, 1.165) is 0 Å². The first-order valence-electron chi connectivity index (χ1n) is 6.28. The number of imidazole rings is 1. The smallest absolute Gasteiger partial charge is 0.321 e. The summed E-state index contributed by atoms with van der Waals surface area (Å²) in [6.07, 6.45) is -0.182. The van der Waals surface area contributed by atoms with Crippen LogP contribution in [0.1, 0.15) is 12.6 Å². The van der Waals surface area contributed by atoms with E-state index in [0.29, 0.717) is 11.2 Å². The number of nitrogens with zero attached hydrogens (tertiary/aromatic N) is 4. The summed E-state index contributed by atoms with van der Waals surface area (Å²) in [6, 6.07) is 0. The number of nitrogens with two attached hydrogens (primary N) is 1. The van der Waals surface area contributed by atoms with Crippen LogP contribution in [-0.2, 0) is 21.1 Å². The van der Waals surface area contributed by atoms with Gasteiger partial charge >= 0.3 is 6.72 Å². The van der Waals surface area contributed by atoms with Crippen LogP contribution >= 0.6 is 6.72 Å². The highest BCUT2D eigenvalue weighted by Crippen LogP contribution is 2.39. The molecule has 1 aliphatic rings. The van der Waals surface area contributed by atoms with Crippen LogP contribution in [0.3, 0.4) is 0 Å². The van der Waals surface area contributed by atoms with Crippen molar-refractivity contribution in [3.05, 3.63) is 12.7 Å². The van der Waals surface area contributed by atoms with Crippen LogP contribution < -0.4 is 5.73 Å². The summed E-state index contributed by atoms with van der Waals surface area (Å²) < 4.78 is 25.7. The molecule has 2 aromatic heterocycles. The molecule has 0 aliphatic carbocycles. The average Bonchev–Trinajstić information content (AvgIpc) is 3.00. The van der Waals surface area contributed by atoms with Crippen molar-refractivity contribution in [2.45, 2.75) is 24.9 Å². The van der Waals surface area contributed by atoms with Gasteiger partial charge in [-0.1, -0.05) is 0 Å². The first-order chi connectivity index (χ1) is 10.3. The van der Waals surface area contributed by atoms with Crippen LogP contribution in [0.15, 0.2) is 12.7 Å².